The van der Waals surface area contributed by atoms with E-state index in [4.69, 9.17) is 4.74 Å². The van der Waals surface area contributed by atoms with Crippen LogP contribution in [0.1, 0.15) is 38.2 Å². The summed E-state index contributed by atoms with van der Waals surface area (Å²) in [5, 5.41) is 2.31. The van der Waals surface area contributed by atoms with Crippen LogP contribution < -0.4 is 5.32 Å². The first kappa shape index (κ1) is 21.8. The Morgan fingerprint density at radius 3 is 2.13 bits per heavy atom. The third-order valence-electron chi connectivity index (χ3n) is 5.45. The Bertz CT molecular complexity index is 829. The number of benzene rings is 1. The van der Waals surface area contributed by atoms with Gasteiger partial charge in [0.25, 0.3) is 5.91 Å². The molecule has 7 nitrogen and oxygen atoms in total. The zero-order chi connectivity index (χ0) is 22.1. The summed E-state index contributed by atoms with van der Waals surface area (Å²) >= 11 is 0. The number of hydrogen-bond acceptors (Lipinski definition) is 5. The van der Waals surface area contributed by atoms with Crippen molar-refractivity contribution < 1.29 is 37.1 Å². The minimum Gasteiger partial charge on any atom is -0.454 e. The highest BCUT2D eigenvalue weighted by molar-refractivity contribution is 6.08. The summed E-state index contributed by atoms with van der Waals surface area (Å²) in [6, 6.07) is 2.62. The van der Waals surface area contributed by atoms with Gasteiger partial charge < -0.3 is 10.1 Å². The second kappa shape index (κ2) is 8.45. The molecule has 1 N–H and O–H groups in total. The molecule has 10 heteroatoms. The molecule has 1 aliphatic heterocycles. The molecule has 0 spiro atoms. The van der Waals surface area contributed by atoms with Crippen LogP contribution in [0.25, 0.3) is 0 Å². The van der Waals surface area contributed by atoms with Crippen molar-refractivity contribution in [3.05, 3.63) is 29.8 Å². The highest BCUT2D eigenvalue weighted by Crippen LogP contribution is 2.39. The van der Waals surface area contributed by atoms with Crippen LogP contribution >= 0.6 is 0 Å². The number of likely N-dealkylation sites (tertiary alicyclic amines) is 1. The van der Waals surface area contributed by atoms with Gasteiger partial charge in [-0.15, -0.1) is 0 Å². The van der Waals surface area contributed by atoms with E-state index in [2.05, 4.69) is 5.32 Å². The fourth-order valence-corrected chi connectivity index (χ4v) is 3.87. The number of ether oxygens (including phenoxy) is 1. The molecule has 1 aromatic rings. The average molecular weight is 426 g/mol. The summed E-state index contributed by atoms with van der Waals surface area (Å²) in [6.07, 6.45) is -1.55. The number of halogens is 3. The van der Waals surface area contributed by atoms with Crippen LogP contribution in [0, 0.1) is 11.8 Å². The Morgan fingerprint density at radius 2 is 1.63 bits per heavy atom. The Balaban J connectivity index is 1.53. The van der Waals surface area contributed by atoms with Crippen LogP contribution in [0.2, 0.25) is 0 Å². The molecular formula is C20H21F3N2O5. The van der Waals surface area contributed by atoms with E-state index in [0.29, 0.717) is 12.8 Å². The molecule has 1 heterocycles. The molecule has 3 atom stereocenters. The summed E-state index contributed by atoms with van der Waals surface area (Å²) < 4.78 is 42.6. The molecule has 0 bridgehead atoms. The molecule has 2 fully saturated rings. The summed E-state index contributed by atoms with van der Waals surface area (Å²) in [4.78, 5) is 50.1. The molecule has 30 heavy (non-hydrogen) atoms. The third-order valence-corrected chi connectivity index (χ3v) is 5.45. The number of nitrogens with one attached hydrogen (secondary N) is 1. The summed E-state index contributed by atoms with van der Waals surface area (Å²) in [7, 11) is 0. The van der Waals surface area contributed by atoms with Crippen molar-refractivity contribution in [2.75, 3.05) is 11.9 Å². The van der Waals surface area contributed by atoms with Gasteiger partial charge in [0.1, 0.15) is 6.04 Å². The molecule has 1 aliphatic carbocycles. The second-order valence-corrected chi connectivity index (χ2v) is 7.45. The van der Waals surface area contributed by atoms with E-state index < -0.39 is 48.1 Å². The monoisotopic (exact) mass is 426 g/mol. The number of hydrogen-bond donors (Lipinski definition) is 1. The van der Waals surface area contributed by atoms with E-state index in [1.165, 1.54) is 6.92 Å². The Kier molecular flexibility index (Phi) is 6.14. The highest BCUT2D eigenvalue weighted by atomic mass is 19.4. The number of imide groups is 1. The molecule has 1 saturated heterocycles. The smallest absolute Gasteiger partial charge is 0.416 e. The molecule has 0 aromatic heterocycles. The van der Waals surface area contributed by atoms with Gasteiger partial charge in [0.15, 0.2) is 6.61 Å². The van der Waals surface area contributed by atoms with Gasteiger partial charge in [-0.05, 0) is 44.0 Å². The minimum absolute atomic E-state index is 0.103. The molecule has 2 aliphatic rings. The van der Waals surface area contributed by atoms with Crippen LogP contribution in [-0.4, -0.2) is 41.2 Å². The number of anilines is 1. The predicted molar refractivity (Wildman–Crippen MR) is 97.8 cm³/mol. The van der Waals surface area contributed by atoms with Crippen molar-refractivity contribution in [1.82, 2.24) is 4.90 Å². The van der Waals surface area contributed by atoms with Crippen molar-refractivity contribution in [1.29, 1.82) is 0 Å². The van der Waals surface area contributed by atoms with Gasteiger partial charge in [-0.25, -0.2) is 4.79 Å². The predicted octanol–water partition coefficient (Wildman–Crippen LogP) is 2.75. The van der Waals surface area contributed by atoms with Crippen LogP contribution in [0.15, 0.2) is 24.3 Å². The van der Waals surface area contributed by atoms with Crippen molar-refractivity contribution in [3.8, 4) is 0 Å². The first-order chi connectivity index (χ1) is 14.1. The number of rotatable bonds is 5. The Labute approximate surface area is 170 Å². The van der Waals surface area contributed by atoms with Crippen LogP contribution in [0.4, 0.5) is 18.9 Å². The fraction of sp³-hybridized carbons (Fsp3) is 0.500. The van der Waals surface area contributed by atoms with Crippen LogP contribution in [0.3, 0.4) is 0 Å². The highest BCUT2D eigenvalue weighted by Gasteiger charge is 2.51. The van der Waals surface area contributed by atoms with Gasteiger partial charge in [0, 0.05) is 5.69 Å². The first-order valence-electron chi connectivity index (χ1n) is 9.60. The molecular weight excluding hydrogens is 405 g/mol. The number of fused-ring (bicyclic) bond motifs is 1. The third kappa shape index (κ3) is 4.47. The maximum atomic E-state index is 12.6. The second-order valence-electron chi connectivity index (χ2n) is 7.45. The number of esters is 1. The summed E-state index contributed by atoms with van der Waals surface area (Å²) in [5.74, 6) is -3.23. The maximum absolute atomic E-state index is 12.6. The lowest BCUT2D eigenvalue weighted by Gasteiger charge is -2.21. The summed E-state index contributed by atoms with van der Waals surface area (Å²) in [6.45, 7) is 0.663. The topological polar surface area (TPSA) is 92.8 Å². The Hall–Kier alpha value is -2.91. The minimum atomic E-state index is -4.49. The summed E-state index contributed by atoms with van der Waals surface area (Å²) in [5.41, 5.74) is -0.757. The van der Waals surface area contributed by atoms with E-state index in [1.807, 2.05) is 0 Å². The lowest BCUT2D eigenvalue weighted by molar-refractivity contribution is -0.159. The molecule has 1 aromatic carbocycles. The van der Waals surface area contributed by atoms with Gasteiger partial charge >= 0.3 is 12.1 Å². The lowest BCUT2D eigenvalue weighted by atomic mass is 9.81. The van der Waals surface area contributed by atoms with Crippen LogP contribution in [0.5, 0.6) is 0 Å². The number of nitrogens with zero attached hydrogens (tertiary/aromatic N) is 1. The van der Waals surface area contributed by atoms with Crippen LogP contribution in [-0.2, 0) is 30.1 Å². The number of alkyl halides is 3. The van der Waals surface area contributed by atoms with Gasteiger partial charge in [0.2, 0.25) is 11.8 Å². The van der Waals surface area contributed by atoms with E-state index in [9.17, 15) is 32.3 Å². The quantitative estimate of drug-likeness (QED) is 0.577. The van der Waals surface area contributed by atoms with Gasteiger partial charge in [-0.3, -0.25) is 19.3 Å². The normalized spacial score (nSPS) is 22.5. The lowest BCUT2D eigenvalue weighted by Crippen LogP contribution is -2.45. The fourth-order valence-electron chi connectivity index (χ4n) is 3.87. The molecule has 162 valence electrons. The molecule has 3 amide bonds. The average Bonchev–Trinajstić information content (AvgIpc) is 2.96. The van der Waals surface area contributed by atoms with E-state index >= 15 is 0 Å². The van der Waals surface area contributed by atoms with Crippen molar-refractivity contribution in [2.24, 2.45) is 11.8 Å². The van der Waals surface area contributed by atoms with E-state index in [-0.39, 0.29) is 17.5 Å². The van der Waals surface area contributed by atoms with E-state index in [1.54, 1.807) is 0 Å². The molecule has 0 radical (unpaired) electrons. The van der Waals surface area contributed by atoms with Gasteiger partial charge in [0.05, 0.1) is 17.4 Å². The van der Waals surface area contributed by atoms with Crippen molar-refractivity contribution in [2.45, 2.75) is 44.8 Å². The number of carbonyl (C=O) groups is 4. The molecule has 1 saturated carbocycles. The van der Waals surface area contributed by atoms with Gasteiger partial charge in [-0.2, -0.15) is 13.2 Å². The number of carbonyl (C=O) groups excluding carboxylic acids is 4. The zero-order valence-corrected chi connectivity index (χ0v) is 16.2. The molecule has 3 unspecified atom stereocenters. The first-order valence-corrected chi connectivity index (χ1v) is 9.60. The van der Waals surface area contributed by atoms with Crippen molar-refractivity contribution in [3.63, 3.8) is 0 Å². The van der Waals surface area contributed by atoms with Crippen molar-refractivity contribution >= 4 is 29.4 Å². The van der Waals surface area contributed by atoms with E-state index in [0.717, 1.165) is 42.0 Å². The zero-order valence-electron chi connectivity index (χ0n) is 16.2. The Morgan fingerprint density at radius 1 is 1.10 bits per heavy atom. The largest absolute Gasteiger partial charge is 0.454 e. The van der Waals surface area contributed by atoms with Gasteiger partial charge in [-0.1, -0.05) is 12.8 Å². The maximum Gasteiger partial charge on any atom is 0.416 e. The SMILES string of the molecule is CC(C(=O)OCC(=O)Nc1ccc(C(F)(F)F)cc1)N1C(=O)C2CCCCC2C1=O. The standard InChI is InChI=1S/C20H21F3N2O5/c1-11(25-17(27)14-4-2-3-5-15(14)18(25)28)19(29)30-10-16(26)24-13-8-6-12(7-9-13)20(21,22)23/h6-9,11,14-15H,2-5,10H2,1H3,(H,24,26). The molecule has 3 rings (SSSR count). The number of amides is 3.